The van der Waals surface area contributed by atoms with Gasteiger partial charge in [0.2, 0.25) is 5.95 Å². The summed E-state index contributed by atoms with van der Waals surface area (Å²) in [5, 5.41) is 5.50. The highest BCUT2D eigenvalue weighted by Crippen LogP contribution is 2.13. The van der Waals surface area contributed by atoms with Gasteiger partial charge in [-0.05, 0) is 30.3 Å². The third kappa shape index (κ3) is 4.35. The number of hydrogen-bond acceptors (Lipinski definition) is 4. The fraction of sp³-hybridized carbons (Fsp3) is 0.0556. The highest BCUT2D eigenvalue weighted by Gasteiger charge is 2.08. The average Bonchev–Trinajstić information content (AvgIpc) is 2.63. The molecule has 0 fully saturated rings. The van der Waals surface area contributed by atoms with E-state index >= 15 is 0 Å². The van der Waals surface area contributed by atoms with Crippen LogP contribution in [0.25, 0.3) is 0 Å². The van der Waals surface area contributed by atoms with Crippen LogP contribution in [0.5, 0.6) is 0 Å². The van der Waals surface area contributed by atoms with Gasteiger partial charge in [-0.3, -0.25) is 4.79 Å². The van der Waals surface area contributed by atoms with Crippen LogP contribution >= 0.6 is 0 Å². The quantitative estimate of drug-likeness (QED) is 0.747. The SMILES string of the molecule is O=C(NCc1ccccc1F)c1cnc(Nc2ccc(F)cc2)nc1. The van der Waals surface area contributed by atoms with Gasteiger partial charge in [0.25, 0.3) is 5.91 Å². The number of carbonyl (C=O) groups excluding carboxylic acids is 1. The van der Waals surface area contributed by atoms with E-state index in [1.165, 1.54) is 30.6 Å². The summed E-state index contributed by atoms with van der Waals surface area (Å²) in [5.74, 6) is -0.847. The molecule has 3 rings (SSSR count). The molecule has 0 spiro atoms. The standard InChI is InChI=1S/C18H14F2N4O/c19-14-5-7-15(8-6-14)24-18-22-10-13(11-23-18)17(25)21-9-12-3-1-2-4-16(12)20/h1-8,10-11H,9H2,(H,21,25)(H,22,23,24). The normalized spacial score (nSPS) is 10.3. The van der Waals surface area contributed by atoms with Gasteiger partial charge >= 0.3 is 0 Å². The van der Waals surface area contributed by atoms with Crippen molar-refractivity contribution >= 4 is 17.5 Å². The van der Waals surface area contributed by atoms with Crippen molar-refractivity contribution < 1.29 is 13.6 Å². The lowest BCUT2D eigenvalue weighted by Gasteiger charge is -2.07. The van der Waals surface area contributed by atoms with Gasteiger partial charge in [-0.1, -0.05) is 18.2 Å². The van der Waals surface area contributed by atoms with Gasteiger partial charge in [0, 0.05) is 30.2 Å². The van der Waals surface area contributed by atoms with E-state index in [9.17, 15) is 13.6 Å². The number of carbonyl (C=O) groups is 1. The van der Waals surface area contributed by atoms with E-state index in [0.29, 0.717) is 11.3 Å². The van der Waals surface area contributed by atoms with E-state index < -0.39 is 5.91 Å². The lowest BCUT2D eigenvalue weighted by Crippen LogP contribution is -2.23. The minimum atomic E-state index is -0.406. The number of aromatic nitrogens is 2. The molecular formula is C18H14F2N4O. The van der Waals surface area contributed by atoms with E-state index in [-0.39, 0.29) is 29.7 Å². The molecule has 1 heterocycles. The molecule has 0 aliphatic carbocycles. The molecular weight excluding hydrogens is 326 g/mol. The van der Waals surface area contributed by atoms with Crippen LogP contribution < -0.4 is 10.6 Å². The summed E-state index contributed by atoms with van der Waals surface area (Å²) < 4.78 is 26.4. The molecule has 126 valence electrons. The third-order valence-electron chi connectivity index (χ3n) is 3.41. The Balaban J connectivity index is 1.60. The molecule has 7 heteroatoms. The summed E-state index contributed by atoms with van der Waals surface area (Å²) in [6.45, 7) is 0.0705. The summed E-state index contributed by atoms with van der Waals surface area (Å²) in [7, 11) is 0. The van der Waals surface area contributed by atoms with Gasteiger partial charge in [0.1, 0.15) is 11.6 Å². The van der Waals surface area contributed by atoms with E-state index in [0.717, 1.165) is 0 Å². The zero-order valence-electron chi connectivity index (χ0n) is 13.0. The van der Waals surface area contributed by atoms with Crippen LogP contribution in [-0.4, -0.2) is 15.9 Å². The Morgan fingerprint density at radius 1 is 0.960 bits per heavy atom. The van der Waals surface area contributed by atoms with Crippen molar-refractivity contribution in [3.63, 3.8) is 0 Å². The van der Waals surface area contributed by atoms with E-state index in [1.807, 2.05) is 0 Å². The number of benzene rings is 2. The van der Waals surface area contributed by atoms with Crippen molar-refractivity contribution in [2.24, 2.45) is 0 Å². The highest BCUT2D eigenvalue weighted by molar-refractivity contribution is 5.93. The van der Waals surface area contributed by atoms with Gasteiger partial charge in [-0.15, -0.1) is 0 Å². The van der Waals surface area contributed by atoms with Crippen LogP contribution in [0.2, 0.25) is 0 Å². The second-order valence-corrected chi connectivity index (χ2v) is 5.20. The Morgan fingerprint density at radius 2 is 1.64 bits per heavy atom. The predicted molar refractivity (Wildman–Crippen MR) is 89.3 cm³/mol. The Morgan fingerprint density at radius 3 is 2.32 bits per heavy atom. The second kappa shape index (κ2) is 7.48. The maximum atomic E-state index is 13.5. The maximum absolute atomic E-state index is 13.5. The van der Waals surface area contributed by atoms with Crippen molar-refractivity contribution in [2.45, 2.75) is 6.54 Å². The van der Waals surface area contributed by atoms with Crippen molar-refractivity contribution in [2.75, 3.05) is 5.32 Å². The second-order valence-electron chi connectivity index (χ2n) is 5.20. The number of nitrogens with one attached hydrogen (secondary N) is 2. The average molecular weight is 340 g/mol. The molecule has 0 atom stereocenters. The van der Waals surface area contributed by atoms with Crippen molar-refractivity contribution in [1.82, 2.24) is 15.3 Å². The topological polar surface area (TPSA) is 66.9 Å². The highest BCUT2D eigenvalue weighted by atomic mass is 19.1. The Hall–Kier alpha value is -3.35. The molecule has 5 nitrogen and oxygen atoms in total. The summed E-state index contributed by atoms with van der Waals surface area (Å²) >= 11 is 0. The predicted octanol–water partition coefficient (Wildman–Crippen LogP) is 3.43. The fourth-order valence-electron chi connectivity index (χ4n) is 2.09. The number of halogens is 2. The monoisotopic (exact) mass is 340 g/mol. The van der Waals surface area contributed by atoms with E-state index in [1.54, 1.807) is 30.3 Å². The number of anilines is 2. The molecule has 0 saturated carbocycles. The maximum Gasteiger partial charge on any atom is 0.254 e. The molecule has 1 aromatic heterocycles. The van der Waals surface area contributed by atoms with E-state index in [2.05, 4.69) is 20.6 Å². The summed E-state index contributed by atoms with van der Waals surface area (Å²) in [5.41, 5.74) is 1.27. The van der Waals surface area contributed by atoms with Crippen LogP contribution in [0.15, 0.2) is 60.9 Å². The summed E-state index contributed by atoms with van der Waals surface area (Å²) in [6.07, 6.45) is 2.71. The van der Waals surface area contributed by atoms with Crippen LogP contribution in [-0.2, 0) is 6.54 Å². The van der Waals surface area contributed by atoms with Crippen molar-refractivity contribution in [3.05, 3.63) is 83.7 Å². The van der Waals surface area contributed by atoms with E-state index in [4.69, 9.17) is 0 Å². The fourth-order valence-corrected chi connectivity index (χ4v) is 2.09. The zero-order valence-corrected chi connectivity index (χ0v) is 13.0. The molecule has 0 aliphatic rings. The summed E-state index contributed by atoms with van der Waals surface area (Å²) in [6, 6.07) is 11.9. The van der Waals surface area contributed by atoms with Crippen LogP contribution in [0, 0.1) is 11.6 Å². The number of rotatable bonds is 5. The first-order valence-electron chi connectivity index (χ1n) is 7.48. The van der Waals surface area contributed by atoms with Crippen LogP contribution in [0.1, 0.15) is 15.9 Å². The molecule has 25 heavy (non-hydrogen) atoms. The molecule has 3 aromatic rings. The van der Waals surface area contributed by atoms with Gasteiger partial charge < -0.3 is 10.6 Å². The minimum Gasteiger partial charge on any atom is -0.348 e. The largest absolute Gasteiger partial charge is 0.348 e. The lowest BCUT2D eigenvalue weighted by atomic mass is 10.2. The molecule has 0 saturated heterocycles. The van der Waals surface area contributed by atoms with Crippen molar-refractivity contribution in [1.29, 1.82) is 0 Å². The van der Waals surface area contributed by atoms with Gasteiger partial charge in [-0.2, -0.15) is 0 Å². The van der Waals surface area contributed by atoms with Gasteiger partial charge in [0.05, 0.1) is 5.56 Å². The van der Waals surface area contributed by atoms with Gasteiger partial charge in [0.15, 0.2) is 0 Å². The first kappa shape index (κ1) is 16.5. The molecule has 0 aliphatic heterocycles. The van der Waals surface area contributed by atoms with Crippen LogP contribution in [0.4, 0.5) is 20.4 Å². The lowest BCUT2D eigenvalue weighted by molar-refractivity contribution is 0.0950. The molecule has 0 radical (unpaired) electrons. The number of hydrogen-bond donors (Lipinski definition) is 2. The first-order valence-corrected chi connectivity index (χ1v) is 7.48. The Labute approximate surface area is 142 Å². The molecule has 2 aromatic carbocycles. The zero-order chi connectivity index (χ0) is 17.6. The Bertz CT molecular complexity index is 867. The molecule has 2 N–H and O–H groups in total. The third-order valence-corrected chi connectivity index (χ3v) is 3.41. The minimum absolute atomic E-state index is 0.0705. The molecule has 0 unspecified atom stereocenters. The smallest absolute Gasteiger partial charge is 0.254 e. The first-order chi connectivity index (χ1) is 12.1. The Kier molecular flexibility index (Phi) is 4.94. The number of nitrogens with zero attached hydrogens (tertiary/aromatic N) is 2. The molecule has 0 bridgehead atoms. The molecule has 1 amide bonds. The van der Waals surface area contributed by atoms with Gasteiger partial charge in [-0.25, -0.2) is 18.7 Å². The van der Waals surface area contributed by atoms with Crippen molar-refractivity contribution in [3.8, 4) is 0 Å². The number of amides is 1. The summed E-state index contributed by atoms with van der Waals surface area (Å²) in [4.78, 5) is 20.1. The van der Waals surface area contributed by atoms with Crippen LogP contribution in [0.3, 0.4) is 0 Å².